The van der Waals surface area contributed by atoms with Crippen molar-refractivity contribution in [3.63, 3.8) is 0 Å². The van der Waals surface area contributed by atoms with Gasteiger partial charge in [-0.25, -0.2) is 4.98 Å². The number of carbonyl (C=O) groups is 1. The van der Waals surface area contributed by atoms with Crippen LogP contribution in [-0.4, -0.2) is 48.1 Å². The van der Waals surface area contributed by atoms with Crippen LogP contribution in [-0.2, 0) is 9.53 Å². The summed E-state index contributed by atoms with van der Waals surface area (Å²) in [5, 5.41) is 3.12. The Morgan fingerprint density at radius 1 is 1.56 bits per heavy atom. The van der Waals surface area contributed by atoms with Crippen molar-refractivity contribution in [2.75, 3.05) is 31.6 Å². The van der Waals surface area contributed by atoms with Gasteiger partial charge in [-0.3, -0.25) is 4.79 Å². The van der Waals surface area contributed by atoms with Crippen molar-refractivity contribution in [1.29, 1.82) is 0 Å². The summed E-state index contributed by atoms with van der Waals surface area (Å²) in [6.45, 7) is 4.40. The van der Waals surface area contributed by atoms with Gasteiger partial charge in [0.2, 0.25) is 5.91 Å². The van der Waals surface area contributed by atoms with Crippen LogP contribution in [0.25, 0.3) is 0 Å². The highest BCUT2D eigenvalue weighted by molar-refractivity contribution is 9.10. The number of anilines is 1. The molecule has 1 N–H and O–H groups in total. The number of nitrogens with zero attached hydrogens (tertiary/aromatic N) is 2. The lowest BCUT2D eigenvalue weighted by atomic mass is 10.2. The highest BCUT2D eigenvalue weighted by atomic mass is 79.9. The summed E-state index contributed by atoms with van der Waals surface area (Å²) >= 11 is 3.40. The minimum Gasteiger partial charge on any atom is -0.378 e. The molecule has 0 bridgehead atoms. The zero-order valence-corrected chi connectivity index (χ0v) is 11.8. The topological polar surface area (TPSA) is 54.5 Å². The van der Waals surface area contributed by atoms with Crippen LogP contribution in [0.15, 0.2) is 22.8 Å². The summed E-state index contributed by atoms with van der Waals surface area (Å²) in [5.74, 6) is 0.766. The Hall–Kier alpha value is -1.14. The molecule has 1 aliphatic rings. The maximum absolute atomic E-state index is 12.2. The Labute approximate surface area is 115 Å². The molecule has 6 heteroatoms. The van der Waals surface area contributed by atoms with Crippen molar-refractivity contribution < 1.29 is 9.53 Å². The fourth-order valence-electron chi connectivity index (χ4n) is 1.82. The van der Waals surface area contributed by atoms with Gasteiger partial charge in [0.05, 0.1) is 17.7 Å². The van der Waals surface area contributed by atoms with Crippen LogP contribution in [0, 0.1) is 0 Å². The van der Waals surface area contributed by atoms with Crippen LogP contribution in [0.2, 0.25) is 0 Å². The molecule has 5 nitrogen and oxygen atoms in total. The van der Waals surface area contributed by atoms with E-state index in [4.69, 9.17) is 4.74 Å². The number of aromatic nitrogens is 1. The van der Waals surface area contributed by atoms with E-state index in [2.05, 4.69) is 26.2 Å². The van der Waals surface area contributed by atoms with Gasteiger partial charge in [0.25, 0.3) is 0 Å². The Kier molecular flexibility index (Phi) is 4.54. The van der Waals surface area contributed by atoms with Crippen molar-refractivity contribution in [2.45, 2.75) is 13.0 Å². The zero-order chi connectivity index (χ0) is 13.0. The average Bonchev–Trinajstić information content (AvgIpc) is 2.41. The quantitative estimate of drug-likeness (QED) is 0.919. The fraction of sp³-hybridized carbons (Fsp3) is 0.500. The summed E-state index contributed by atoms with van der Waals surface area (Å²) in [7, 11) is 0. The minimum atomic E-state index is -0.297. The Morgan fingerprint density at radius 2 is 2.28 bits per heavy atom. The number of pyridine rings is 1. The van der Waals surface area contributed by atoms with Crippen molar-refractivity contribution in [1.82, 2.24) is 9.88 Å². The van der Waals surface area contributed by atoms with Crippen molar-refractivity contribution in [2.24, 2.45) is 0 Å². The first kappa shape index (κ1) is 13.3. The van der Waals surface area contributed by atoms with E-state index in [-0.39, 0.29) is 11.9 Å². The van der Waals surface area contributed by atoms with Crippen LogP contribution in [0.1, 0.15) is 6.92 Å². The van der Waals surface area contributed by atoms with E-state index in [1.807, 2.05) is 24.0 Å². The van der Waals surface area contributed by atoms with Crippen LogP contribution >= 0.6 is 15.9 Å². The number of rotatable bonds is 3. The maximum Gasteiger partial charge on any atom is 0.244 e. The predicted molar refractivity (Wildman–Crippen MR) is 72.4 cm³/mol. The third kappa shape index (κ3) is 3.20. The SMILES string of the molecule is CC(Nc1ncccc1Br)C(=O)N1CCOCC1. The Bertz CT molecular complexity index is 422. The van der Waals surface area contributed by atoms with E-state index in [1.165, 1.54) is 0 Å². The van der Waals surface area contributed by atoms with Gasteiger partial charge in [-0.15, -0.1) is 0 Å². The molecule has 1 saturated heterocycles. The van der Waals surface area contributed by atoms with Gasteiger partial charge < -0.3 is 15.0 Å². The maximum atomic E-state index is 12.2. The van der Waals surface area contributed by atoms with E-state index in [1.54, 1.807) is 6.20 Å². The van der Waals surface area contributed by atoms with Gasteiger partial charge in [0.15, 0.2) is 0 Å². The summed E-state index contributed by atoms with van der Waals surface area (Å²) in [5.41, 5.74) is 0. The third-order valence-corrected chi connectivity index (χ3v) is 3.44. The summed E-state index contributed by atoms with van der Waals surface area (Å²) in [6, 6.07) is 3.43. The molecule has 1 aliphatic heterocycles. The van der Waals surface area contributed by atoms with Crippen LogP contribution in [0.3, 0.4) is 0 Å². The minimum absolute atomic E-state index is 0.0795. The molecule has 1 amide bonds. The molecule has 0 aliphatic carbocycles. The number of nitrogens with one attached hydrogen (secondary N) is 1. The molecule has 1 aromatic heterocycles. The second kappa shape index (κ2) is 6.15. The van der Waals surface area contributed by atoms with Gasteiger partial charge in [-0.05, 0) is 35.0 Å². The predicted octanol–water partition coefficient (Wildman–Crippen LogP) is 1.50. The van der Waals surface area contributed by atoms with Crippen LogP contribution < -0.4 is 5.32 Å². The standard InChI is InChI=1S/C12H16BrN3O2/c1-9(12(17)16-5-7-18-8-6-16)15-11-10(13)3-2-4-14-11/h2-4,9H,5-8H2,1H3,(H,14,15). The van der Waals surface area contributed by atoms with E-state index in [9.17, 15) is 4.79 Å². The molecule has 0 aromatic carbocycles. The lowest BCUT2D eigenvalue weighted by Crippen LogP contribution is -2.47. The normalized spacial score (nSPS) is 17.3. The molecule has 98 valence electrons. The molecular weight excluding hydrogens is 298 g/mol. The number of carbonyl (C=O) groups excluding carboxylic acids is 1. The highest BCUT2D eigenvalue weighted by Crippen LogP contribution is 2.19. The Balaban J connectivity index is 1.96. The first-order chi connectivity index (χ1) is 8.68. The first-order valence-corrected chi connectivity index (χ1v) is 6.71. The van der Waals surface area contributed by atoms with E-state index in [0.717, 1.165) is 4.47 Å². The van der Waals surface area contributed by atoms with Crippen LogP contribution in [0.4, 0.5) is 5.82 Å². The van der Waals surface area contributed by atoms with Crippen LogP contribution in [0.5, 0.6) is 0 Å². The number of halogens is 1. The molecule has 0 radical (unpaired) electrons. The lowest BCUT2D eigenvalue weighted by molar-refractivity contribution is -0.135. The van der Waals surface area contributed by atoms with Crippen molar-refractivity contribution >= 4 is 27.7 Å². The third-order valence-electron chi connectivity index (χ3n) is 2.80. The number of hydrogen-bond acceptors (Lipinski definition) is 4. The van der Waals surface area contributed by atoms with E-state index < -0.39 is 0 Å². The Morgan fingerprint density at radius 3 is 2.94 bits per heavy atom. The summed E-state index contributed by atoms with van der Waals surface area (Å²) < 4.78 is 6.09. The molecule has 1 unspecified atom stereocenters. The molecule has 18 heavy (non-hydrogen) atoms. The number of amides is 1. The number of morpholine rings is 1. The van der Waals surface area contributed by atoms with Gasteiger partial charge in [0.1, 0.15) is 11.9 Å². The smallest absolute Gasteiger partial charge is 0.244 e. The van der Waals surface area contributed by atoms with Gasteiger partial charge in [-0.1, -0.05) is 0 Å². The molecular formula is C12H16BrN3O2. The van der Waals surface area contributed by atoms with Gasteiger partial charge in [-0.2, -0.15) is 0 Å². The first-order valence-electron chi connectivity index (χ1n) is 5.92. The molecule has 0 saturated carbocycles. The summed E-state index contributed by atoms with van der Waals surface area (Å²) in [4.78, 5) is 18.2. The van der Waals surface area contributed by atoms with E-state index in [0.29, 0.717) is 32.1 Å². The van der Waals surface area contributed by atoms with E-state index >= 15 is 0 Å². The van der Waals surface area contributed by atoms with Gasteiger partial charge >= 0.3 is 0 Å². The molecule has 0 spiro atoms. The molecule has 2 heterocycles. The second-order valence-corrected chi connectivity index (χ2v) is 4.99. The monoisotopic (exact) mass is 313 g/mol. The molecule has 1 fully saturated rings. The van der Waals surface area contributed by atoms with Crippen molar-refractivity contribution in [3.8, 4) is 0 Å². The number of ether oxygens (including phenoxy) is 1. The molecule has 1 aromatic rings. The fourth-order valence-corrected chi connectivity index (χ4v) is 2.19. The summed E-state index contributed by atoms with van der Waals surface area (Å²) in [6.07, 6.45) is 1.69. The van der Waals surface area contributed by atoms with Crippen molar-refractivity contribution in [3.05, 3.63) is 22.8 Å². The average molecular weight is 314 g/mol. The van der Waals surface area contributed by atoms with Gasteiger partial charge in [0, 0.05) is 19.3 Å². The lowest BCUT2D eigenvalue weighted by Gasteiger charge is -2.29. The highest BCUT2D eigenvalue weighted by Gasteiger charge is 2.22. The zero-order valence-electron chi connectivity index (χ0n) is 10.2. The second-order valence-electron chi connectivity index (χ2n) is 4.14. The molecule has 1 atom stereocenters. The number of hydrogen-bond donors (Lipinski definition) is 1. The molecule has 2 rings (SSSR count). The largest absolute Gasteiger partial charge is 0.378 e.